The van der Waals surface area contributed by atoms with Crippen molar-refractivity contribution in [3.8, 4) is 0 Å². The molecule has 0 aliphatic carbocycles. The number of thiophene rings is 1. The van der Waals surface area contributed by atoms with Gasteiger partial charge in [0.15, 0.2) is 0 Å². The fraction of sp³-hybridized carbons (Fsp3) is 0.600. The summed E-state index contributed by atoms with van der Waals surface area (Å²) in [5, 5.41) is 8.97. The highest BCUT2D eigenvalue weighted by atomic mass is 79.9. The van der Waals surface area contributed by atoms with Crippen molar-refractivity contribution in [3.05, 3.63) is 14.7 Å². The maximum atomic E-state index is 12.0. The topological polar surface area (TPSA) is 75.6 Å². The lowest BCUT2D eigenvalue weighted by molar-refractivity contribution is 0.0834. The highest BCUT2D eigenvalue weighted by Crippen LogP contribution is 2.31. The van der Waals surface area contributed by atoms with Crippen LogP contribution in [0.15, 0.2) is 14.7 Å². The molecule has 0 saturated carbocycles. The second-order valence-electron chi connectivity index (χ2n) is 3.83. The first-order valence-corrected chi connectivity index (χ1v) is 8.46. The second kappa shape index (κ2) is 6.97. The molecule has 1 heterocycles. The summed E-state index contributed by atoms with van der Waals surface area (Å²) in [5.41, 5.74) is 0. The van der Waals surface area contributed by atoms with Crippen LogP contribution in [0, 0.1) is 0 Å². The lowest BCUT2D eigenvalue weighted by atomic mass is 10.5. The molecule has 0 aliphatic heterocycles. The van der Waals surface area contributed by atoms with Crippen LogP contribution in [-0.4, -0.2) is 32.8 Å². The first-order chi connectivity index (χ1) is 8.36. The van der Waals surface area contributed by atoms with Gasteiger partial charge in [0.1, 0.15) is 4.90 Å². The van der Waals surface area contributed by atoms with E-state index in [4.69, 9.17) is 9.84 Å². The summed E-state index contributed by atoms with van der Waals surface area (Å²) in [4.78, 5) is 0.752. The van der Waals surface area contributed by atoms with Gasteiger partial charge in [-0.25, -0.2) is 13.1 Å². The van der Waals surface area contributed by atoms with E-state index >= 15 is 0 Å². The number of sulfonamides is 1. The zero-order chi connectivity index (χ0) is 13.8. The maximum absolute atomic E-state index is 12.0. The molecular weight excluding hydrogens is 342 g/mol. The lowest BCUT2D eigenvalue weighted by Crippen LogP contribution is -2.28. The van der Waals surface area contributed by atoms with Crippen LogP contribution >= 0.6 is 27.3 Å². The molecule has 8 heteroatoms. The fourth-order valence-electron chi connectivity index (χ4n) is 1.21. The minimum atomic E-state index is -3.56. The van der Waals surface area contributed by atoms with Crippen molar-refractivity contribution in [2.24, 2.45) is 0 Å². The molecule has 104 valence electrons. The Hall–Kier alpha value is 0.01000. The van der Waals surface area contributed by atoms with Gasteiger partial charge in [0, 0.05) is 11.4 Å². The largest absolute Gasteiger partial charge is 0.391 e. The van der Waals surface area contributed by atoms with Crippen molar-refractivity contribution in [2.45, 2.75) is 31.5 Å². The zero-order valence-electron chi connectivity index (χ0n) is 10.1. The summed E-state index contributed by atoms with van der Waals surface area (Å²) in [7, 11) is -3.56. The van der Waals surface area contributed by atoms with E-state index in [1.807, 2.05) is 13.8 Å². The number of hydrogen-bond donors (Lipinski definition) is 2. The van der Waals surface area contributed by atoms with Crippen LogP contribution in [0.2, 0.25) is 0 Å². The van der Waals surface area contributed by atoms with E-state index in [-0.39, 0.29) is 24.2 Å². The van der Waals surface area contributed by atoms with Crippen molar-refractivity contribution in [1.82, 2.24) is 4.72 Å². The van der Waals surface area contributed by atoms with Gasteiger partial charge in [-0.1, -0.05) is 0 Å². The Balaban J connectivity index is 2.65. The van der Waals surface area contributed by atoms with Gasteiger partial charge >= 0.3 is 0 Å². The van der Waals surface area contributed by atoms with E-state index in [9.17, 15) is 8.42 Å². The summed E-state index contributed by atoms with van der Waals surface area (Å²) in [6.07, 6.45) is 0.0726. The predicted molar refractivity (Wildman–Crippen MR) is 74.2 cm³/mol. The summed E-state index contributed by atoms with van der Waals surface area (Å²) < 4.78 is 32.1. The average molecular weight is 358 g/mol. The molecule has 0 aromatic carbocycles. The van der Waals surface area contributed by atoms with Crippen molar-refractivity contribution in [1.29, 1.82) is 0 Å². The Morgan fingerprint density at radius 1 is 1.56 bits per heavy atom. The van der Waals surface area contributed by atoms with Gasteiger partial charge in [0.2, 0.25) is 10.0 Å². The van der Waals surface area contributed by atoms with Gasteiger partial charge in [0.05, 0.1) is 23.1 Å². The first kappa shape index (κ1) is 16.1. The van der Waals surface area contributed by atoms with Gasteiger partial charge in [-0.3, -0.25) is 0 Å². The molecular formula is C10H16BrNO4S2. The number of nitrogens with one attached hydrogen (secondary N) is 1. The normalized spacial score (nSPS) is 12.3. The van der Waals surface area contributed by atoms with Crippen LogP contribution in [0.3, 0.4) is 0 Å². The molecule has 2 N–H and O–H groups in total. The molecule has 0 unspecified atom stereocenters. The van der Waals surface area contributed by atoms with Crippen molar-refractivity contribution < 1.29 is 18.3 Å². The molecule has 1 rings (SSSR count). The lowest BCUT2D eigenvalue weighted by Gasteiger charge is -2.08. The highest BCUT2D eigenvalue weighted by molar-refractivity contribution is 9.11. The predicted octanol–water partition coefficient (Wildman–Crippen LogP) is 1.71. The minimum Gasteiger partial charge on any atom is -0.391 e. The van der Waals surface area contributed by atoms with Gasteiger partial charge < -0.3 is 9.84 Å². The van der Waals surface area contributed by atoms with E-state index in [1.165, 1.54) is 17.4 Å². The van der Waals surface area contributed by atoms with Gasteiger partial charge in [-0.15, -0.1) is 11.3 Å². The minimum absolute atomic E-state index is 0.0726. The average Bonchev–Trinajstić information content (AvgIpc) is 2.66. The first-order valence-electron chi connectivity index (χ1n) is 5.37. The fourth-order valence-corrected chi connectivity index (χ4v) is 4.76. The molecule has 1 aromatic heterocycles. The number of halogens is 1. The Morgan fingerprint density at radius 2 is 2.22 bits per heavy atom. The molecule has 0 spiro atoms. The summed E-state index contributed by atoms with van der Waals surface area (Å²) >= 11 is 4.38. The summed E-state index contributed by atoms with van der Waals surface area (Å²) in [6, 6.07) is 1.46. The van der Waals surface area contributed by atoms with Crippen LogP contribution < -0.4 is 4.72 Å². The number of hydrogen-bond acceptors (Lipinski definition) is 5. The molecule has 1 aromatic rings. The monoisotopic (exact) mass is 357 g/mol. The summed E-state index contributed by atoms with van der Waals surface area (Å²) in [5.74, 6) is 0. The molecule has 0 fully saturated rings. The number of rotatable bonds is 7. The maximum Gasteiger partial charge on any atom is 0.242 e. The summed E-state index contributed by atoms with van der Waals surface area (Å²) in [6.45, 7) is 4.15. The Morgan fingerprint density at radius 3 is 2.72 bits per heavy atom. The highest BCUT2D eigenvalue weighted by Gasteiger charge is 2.20. The molecule has 18 heavy (non-hydrogen) atoms. The number of aliphatic hydroxyl groups is 1. The van der Waals surface area contributed by atoms with Crippen LogP contribution in [-0.2, 0) is 21.4 Å². The third-order valence-corrected chi connectivity index (χ3v) is 5.70. The van der Waals surface area contributed by atoms with Crippen LogP contribution in [0.25, 0.3) is 0 Å². The van der Waals surface area contributed by atoms with Gasteiger partial charge in [-0.2, -0.15) is 0 Å². The molecule has 0 aliphatic rings. The molecule has 5 nitrogen and oxygen atoms in total. The standard InChI is InChI=1S/C10H16BrNO4S2/c1-7(2)16-4-3-12-18(14,15)9-5-8(6-13)17-10(9)11/h5,7,12-13H,3-4,6H2,1-2H3. The van der Waals surface area contributed by atoms with Crippen LogP contribution in [0.5, 0.6) is 0 Å². The number of ether oxygens (including phenoxy) is 1. The molecule has 0 radical (unpaired) electrons. The van der Waals surface area contributed by atoms with E-state index < -0.39 is 10.0 Å². The van der Waals surface area contributed by atoms with E-state index in [2.05, 4.69) is 20.7 Å². The van der Waals surface area contributed by atoms with Crippen LogP contribution in [0.1, 0.15) is 18.7 Å². The Labute approximate surface area is 119 Å². The smallest absolute Gasteiger partial charge is 0.242 e. The van der Waals surface area contributed by atoms with Gasteiger partial charge in [0.25, 0.3) is 0 Å². The van der Waals surface area contributed by atoms with Crippen molar-refractivity contribution in [2.75, 3.05) is 13.2 Å². The molecule has 0 bridgehead atoms. The van der Waals surface area contributed by atoms with E-state index in [0.29, 0.717) is 15.3 Å². The van der Waals surface area contributed by atoms with E-state index in [0.717, 1.165) is 0 Å². The van der Waals surface area contributed by atoms with Gasteiger partial charge in [-0.05, 0) is 35.8 Å². The quantitative estimate of drug-likeness (QED) is 0.728. The zero-order valence-corrected chi connectivity index (χ0v) is 13.4. The molecule has 0 amide bonds. The van der Waals surface area contributed by atoms with Crippen molar-refractivity contribution >= 4 is 37.3 Å². The van der Waals surface area contributed by atoms with Crippen LogP contribution in [0.4, 0.5) is 0 Å². The molecule has 0 saturated heterocycles. The molecule has 0 atom stereocenters. The SMILES string of the molecule is CC(C)OCCNS(=O)(=O)c1cc(CO)sc1Br. The second-order valence-corrected chi connectivity index (χ2v) is 8.02. The van der Waals surface area contributed by atoms with Crippen molar-refractivity contribution in [3.63, 3.8) is 0 Å². The van der Waals surface area contributed by atoms with E-state index in [1.54, 1.807) is 0 Å². The third kappa shape index (κ3) is 4.60. The Bertz CT molecular complexity index is 484. The Kier molecular flexibility index (Phi) is 6.22. The number of aliphatic hydroxyl groups excluding tert-OH is 1. The third-order valence-electron chi connectivity index (χ3n) is 2.00.